The minimum atomic E-state index is 0.104. The monoisotopic (exact) mass is 321 g/mol. The summed E-state index contributed by atoms with van der Waals surface area (Å²) < 4.78 is 5.25. The fourth-order valence-electron chi connectivity index (χ4n) is 1.51. The van der Waals surface area contributed by atoms with Crippen LogP contribution < -0.4 is 4.74 Å². The number of para-hydroxylation sites is 1. The van der Waals surface area contributed by atoms with E-state index in [-0.39, 0.29) is 20.2 Å². The van der Waals surface area contributed by atoms with Crippen LogP contribution >= 0.6 is 46.4 Å². The Morgan fingerprint density at radius 3 is 2.28 bits per heavy atom. The molecule has 18 heavy (non-hydrogen) atoms. The third-order valence-corrected chi connectivity index (χ3v) is 4.02. The summed E-state index contributed by atoms with van der Waals surface area (Å²) in [5, 5.41) is 0.670. The van der Waals surface area contributed by atoms with Crippen molar-refractivity contribution in [3.05, 3.63) is 44.5 Å². The smallest absolute Gasteiger partial charge is 0.149 e. The standard InChI is InChI=1S/C12H7Cl4NO/c1-18-7-5-3-2-4-6(7)11-9(14)8(13)10(15)12(16)17-11/h2-5H,1H3. The van der Waals surface area contributed by atoms with Gasteiger partial charge in [0, 0.05) is 5.56 Å². The Hall–Kier alpha value is -0.670. The highest BCUT2D eigenvalue weighted by Crippen LogP contribution is 2.42. The molecule has 0 aliphatic rings. The third kappa shape index (κ3) is 2.39. The second kappa shape index (κ2) is 5.54. The quantitative estimate of drug-likeness (QED) is 0.693. The number of methoxy groups -OCH3 is 1. The van der Waals surface area contributed by atoms with Gasteiger partial charge in [-0.1, -0.05) is 58.5 Å². The Bertz CT molecular complexity index is 601. The topological polar surface area (TPSA) is 22.1 Å². The van der Waals surface area contributed by atoms with E-state index in [1.165, 1.54) is 0 Å². The van der Waals surface area contributed by atoms with Gasteiger partial charge in [-0.05, 0) is 12.1 Å². The van der Waals surface area contributed by atoms with Gasteiger partial charge in [-0.2, -0.15) is 0 Å². The van der Waals surface area contributed by atoms with Gasteiger partial charge in [0.25, 0.3) is 0 Å². The predicted octanol–water partition coefficient (Wildman–Crippen LogP) is 5.37. The largest absolute Gasteiger partial charge is 0.496 e. The number of pyridine rings is 1. The highest BCUT2D eigenvalue weighted by Gasteiger charge is 2.18. The summed E-state index contributed by atoms with van der Waals surface area (Å²) in [7, 11) is 1.56. The Morgan fingerprint density at radius 2 is 1.61 bits per heavy atom. The molecule has 1 heterocycles. The van der Waals surface area contributed by atoms with Crippen molar-refractivity contribution in [1.29, 1.82) is 0 Å². The zero-order valence-corrected chi connectivity index (χ0v) is 12.2. The van der Waals surface area contributed by atoms with Crippen LogP contribution in [0.25, 0.3) is 11.3 Å². The molecule has 94 valence electrons. The maximum atomic E-state index is 6.14. The first-order valence-corrected chi connectivity index (χ1v) is 6.40. The highest BCUT2D eigenvalue weighted by atomic mass is 35.5. The van der Waals surface area contributed by atoms with Crippen LogP contribution in [0.5, 0.6) is 5.75 Å². The molecule has 0 bridgehead atoms. The summed E-state index contributed by atoms with van der Waals surface area (Å²) in [6, 6.07) is 7.29. The molecule has 0 saturated heterocycles. The van der Waals surface area contributed by atoms with Gasteiger partial charge >= 0.3 is 0 Å². The molecule has 2 aromatic rings. The summed E-state index contributed by atoms with van der Waals surface area (Å²) in [6.45, 7) is 0. The zero-order chi connectivity index (χ0) is 13.3. The lowest BCUT2D eigenvalue weighted by Crippen LogP contribution is -1.92. The average Bonchev–Trinajstić information content (AvgIpc) is 2.40. The lowest BCUT2D eigenvalue weighted by Gasteiger charge is -2.11. The predicted molar refractivity (Wildman–Crippen MR) is 76.3 cm³/mol. The fraction of sp³-hybridized carbons (Fsp3) is 0.0833. The van der Waals surface area contributed by atoms with Crippen LogP contribution in [-0.4, -0.2) is 12.1 Å². The van der Waals surface area contributed by atoms with Gasteiger partial charge in [0.2, 0.25) is 0 Å². The molecule has 1 aromatic heterocycles. The first kappa shape index (κ1) is 13.8. The van der Waals surface area contributed by atoms with Crippen LogP contribution in [0.2, 0.25) is 20.2 Å². The molecule has 0 radical (unpaired) electrons. The number of hydrogen-bond acceptors (Lipinski definition) is 2. The number of ether oxygens (including phenoxy) is 1. The van der Waals surface area contributed by atoms with Crippen molar-refractivity contribution in [3.63, 3.8) is 0 Å². The number of hydrogen-bond donors (Lipinski definition) is 0. The van der Waals surface area contributed by atoms with Gasteiger partial charge in [0.05, 0.1) is 27.9 Å². The first-order chi connectivity index (χ1) is 8.56. The van der Waals surface area contributed by atoms with Gasteiger partial charge in [0.1, 0.15) is 10.9 Å². The molecule has 1 aromatic carbocycles. The van der Waals surface area contributed by atoms with Crippen molar-refractivity contribution in [2.75, 3.05) is 7.11 Å². The van der Waals surface area contributed by atoms with Crippen molar-refractivity contribution in [2.45, 2.75) is 0 Å². The van der Waals surface area contributed by atoms with E-state index in [4.69, 9.17) is 51.1 Å². The van der Waals surface area contributed by atoms with Gasteiger partial charge < -0.3 is 4.74 Å². The van der Waals surface area contributed by atoms with Crippen LogP contribution in [0.15, 0.2) is 24.3 Å². The third-order valence-electron chi connectivity index (χ3n) is 2.35. The average molecular weight is 323 g/mol. The van der Waals surface area contributed by atoms with E-state index >= 15 is 0 Å². The van der Waals surface area contributed by atoms with E-state index in [2.05, 4.69) is 4.98 Å². The van der Waals surface area contributed by atoms with Crippen molar-refractivity contribution in [2.24, 2.45) is 0 Å². The van der Waals surface area contributed by atoms with Crippen LogP contribution in [0, 0.1) is 0 Å². The van der Waals surface area contributed by atoms with E-state index in [9.17, 15) is 0 Å². The Kier molecular flexibility index (Phi) is 4.23. The van der Waals surface area contributed by atoms with E-state index in [0.29, 0.717) is 17.0 Å². The first-order valence-electron chi connectivity index (χ1n) is 4.89. The Labute approximate surface area is 124 Å². The maximum absolute atomic E-state index is 6.14. The number of halogens is 4. The molecule has 0 aliphatic heterocycles. The zero-order valence-electron chi connectivity index (χ0n) is 9.18. The summed E-state index contributed by atoms with van der Waals surface area (Å²) in [4.78, 5) is 4.15. The van der Waals surface area contributed by atoms with Crippen molar-refractivity contribution >= 4 is 46.4 Å². The minimum absolute atomic E-state index is 0.104. The van der Waals surface area contributed by atoms with Crippen LogP contribution in [-0.2, 0) is 0 Å². The fourth-order valence-corrected chi connectivity index (χ4v) is 2.34. The van der Waals surface area contributed by atoms with E-state index in [1.54, 1.807) is 13.2 Å². The maximum Gasteiger partial charge on any atom is 0.149 e. The normalized spacial score (nSPS) is 10.5. The second-order valence-corrected chi connectivity index (χ2v) is 4.89. The SMILES string of the molecule is COc1ccccc1-c1nc(Cl)c(Cl)c(Cl)c1Cl. The molecule has 0 atom stereocenters. The molecule has 0 aliphatic carbocycles. The van der Waals surface area contributed by atoms with Gasteiger partial charge in [-0.15, -0.1) is 0 Å². The van der Waals surface area contributed by atoms with Crippen LogP contribution in [0.1, 0.15) is 0 Å². The molecule has 2 rings (SSSR count). The molecule has 0 N–H and O–H groups in total. The minimum Gasteiger partial charge on any atom is -0.496 e. The van der Waals surface area contributed by atoms with Crippen molar-refractivity contribution in [3.8, 4) is 17.0 Å². The van der Waals surface area contributed by atoms with Gasteiger partial charge in [0.15, 0.2) is 0 Å². The molecular formula is C12H7Cl4NO. The Morgan fingerprint density at radius 1 is 0.944 bits per heavy atom. The number of benzene rings is 1. The molecule has 0 amide bonds. The number of rotatable bonds is 2. The summed E-state index contributed by atoms with van der Waals surface area (Å²) in [6.07, 6.45) is 0. The second-order valence-electron chi connectivity index (χ2n) is 3.39. The molecular weight excluding hydrogens is 316 g/mol. The highest BCUT2D eigenvalue weighted by molar-refractivity contribution is 6.52. The van der Waals surface area contributed by atoms with Crippen molar-refractivity contribution < 1.29 is 4.74 Å². The summed E-state index contributed by atoms with van der Waals surface area (Å²) in [5.41, 5.74) is 1.14. The molecule has 0 fully saturated rings. The lowest BCUT2D eigenvalue weighted by molar-refractivity contribution is 0.416. The Balaban J connectivity index is 2.72. The van der Waals surface area contributed by atoms with E-state index in [0.717, 1.165) is 0 Å². The molecule has 6 heteroatoms. The summed E-state index contributed by atoms with van der Waals surface area (Å²) >= 11 is 23.9. The van der Waals surface area contributed by atoms with Gasteiger partial charge in [-0.25, -0.2) is 4.98 Å². The summed E-state index contributed by atoms with van der Waals surface area (Å²) in [5.74, 6) is 0.626. The lowest BCUT2D eigenvalue weighted by atomic mass is 10.1. The number of aromatic nitrogens is 1. The molecule has 0 spiro atoms. The van der Waals surface area contributed by atoms with Crippen LogP contribution in [0.3, 0.4) is 0 Å². The number of nitrogens with zero attached hydrogens (tertiary/aromatic N) is 1. The van der Waals surface area contributed by atoms with Crippen molar-refractivity contribution in [1.82, 2.24) is 4.98 Å². The van der Waals surface area contributed by atoms with E-state index < -0.39 is 0 Å². The van der Waals surface area contributed by atoms with Crippen LogP contribution in [0.4, 0.5) is 0 Å². The van der Waals surface area contributed by atoms with Gasteiger partial charge in [-0.3, -0.25) is 0 Å². The molecule has 0 saturated carbocycles. The molecule has 2 nitrogen and oxygen atoms in total. The van der Waals surface area contributed by atoms with E-state index in [1.807, 2.05) is 18.2 Å². The molecule has 0 unspecified atom stereocenters.